The van der Waals surface area contributed by atoms with Gasteiger partial charge in [-0.1, -0.05) is 35.2 Å². The summed E-state index contributed by atoms with van der Waals surface area (Å²) in [6.45, 7) is 0.658. The summed E-state index contributed by atoms with van der Waals surface area (Å²) in [5.74, 6) is -0.239. The number of hydrogen-bond donors (Lipinski definition) is 1. The van der Waals surface area contributed by atoms with Crippen LogP contribution in [0.4, 0.5) is 4.39 Å². The quantitative estimate of drug-likeness (QED) is 0.901. The fraction of sp³-hybridized carbons (Fsp3) is 0.500. The smallest absolute Gasteiger partial charge is 0.254 e. The van der Waals surface area contributed by atoms with Crippen LogP contribution in [0.1, 0.15) is 42.5 Å². The van der Waals surface area contributed by atoms with E-state index in [1.807, 2.05) is 0 Å². The number of nitrogens with one attached hydrogen (secondary N) is 1. The van der Waals surface area contributed by atoms with Crippen molar-refractivity contribution in [2.75, 3.05) is 6.54 Å². The lowest BCUT2D eigenvalue weighted by atomic mass is 9.89. The van der Waals surface area contributed by atoms with Crippen LogP contribution in [-0.4, -0.2) is 12.5 Å². The molecule has 0 atom stereocenters. The monoisotopic (exact) mass is 313 g/mol. The lowest BCUT2D eigenvalue weighted by molar-refractivity contribution is 0.0939. The minimum absolute atomic E-state index is 0.111. The number of rotatable bonds is 3. The Morgan fingerprint density at radius 1 is 1.33 bits per heavy atom. The van der Waals surface area contributed by atoms with Crippen LogP contribution in [0, 0.1) is 11.7 Å². The summed E-state index contributed by atoms with van der Waals surface area (Å²) >= 11 is 3.25. The number of carbonyl (C=O) groups excluding carboxylic acids is 1. The van der Waals surface area contributed by atoms with E-state index in [1.165, 1.54) is 44.2 Å². The third-order valence-corrected chi connectivity index (χ3v) is 3.94. The Labute approximate surface area is 115 Å². The molecule has 1 aliphatic carbocycles. The van der Waals surface area contributed by atoms with Gasteiger partial charge >= 0.3 is 0 Å². The summed E-state index contributed by atoms with van der Waals surface area (Å²) in [5.41, 5.74) is 0.111. The van der Waals surface area contributed by atoms with Gasteiger partial charge in [0.2, 0.25) is 0 Å². The van der Waals surface area contributed by atoms with Crippen LogP contribution in [0.15, 0.2) is 22.7 Å². The van der Waals surface area contributed by atoms with Crippen LogP contribution in [0.3, 0.4) is 0 Å². The second kappa shape index (κ2) is 6.32. The van der Waals surface area contributed by atoms with Gasteiger partial charge in [0, 0.05) is 11.0 Å². The van der Waals surface area contributed by atoms with Gasteiger partial charge in [-0.2, -0.15) is 0 Å². The molecule has 1 amide bonds. The predicted octanol–water partition coefficient (Wildman–Crippen LogP) is 3.90. The minimum atomic E-state index is -0.473. The van der Waals surface area contributed by atoms with Crippen molar-refractivity contribution in [1.29, 1.82) is 0 Å². The molecule has 4 heteroatoms. The van der Waals surface area contributed by atoms with Gasteiger partial charge < -0.3 is 5.32 Å². The molecule has 1 fully saturated rings. The first-order valence-electron chi connectivity index (χ1n) is 6.40. The van der Waals surface area contributed by atoms with Crippen LogP contribution in [-0.2, 0) is 0 Å². The van der Waals surface area contributed by atoms with Gasteiger partial charge in [0.05, 0.1) is 5.56 Å². The molecule has 1 saturated carbocycles. The van der Waals surface area contributed by atoms with E-state index < -0.39 is 5.82 Å². The largest absolute Gasteiger partial charge is 0.352 e. The van der Waals surface area contributed by atoms with Crippen molar-refractivity contribution in [3.8, 4) is 0 Å². The van der Waals surface area contributed by atoms with E-state index in [1.54, 1.807) is 6.07 Å². The molecule has 0 aromatic heterocycles. The fourth-order valence-corrected chi connectivity index (χ4v) is 2.76. The predicted molar refractivity (Wildman–Crippen MR) is 73.0 cm³/mol. The highest BCUT2D eigenvalue weighted by molar-refractivity contribution is 9.10. The zero-order chi connectivity index (χ0) is 13.0. The van der Waals surface area contributed by atoms with Gasteiger partial charge in [-0.15, -0.1) is 0 Å². The average Bonchev–Trinajstić information content (AvgIpc) is 2.40. The summed E-state index contributed by atoms with van der Waals surface area (Å²) in [7, 11) is 0. The molecule has 0 spiro atoms. The van der Waals surface area contributed by atoms with Crippen LogP contribution in [0.25, 0.3) is 0 Å². The molecule has 1 N–H and O–H groups in total. The van der Waals surface area contributed by atoms with Crippen molar-refractivity contribution in [2.24, 2.45) is 5.92 Å². The van der Waals surface area contributed by atoms with E-state index in [2.05, 4.69) is 21.2 Å². The summed E-state index contributed by atoms with van der Waals surface area (Å²) in [5, 5.41) is 2.84. The Hall–Kier alpha value is -0.900. The van der Waals surface area contributed by atoms with E-state index in [-0.39, 0.29) is 11.5 Å². The molecule has 0 heterocycles. The van der Waals surface area contributed by atoms with Crippen molar-refractivity contribution in [2.45, 2.75) is 32.1 Å². The third kappa shape index (κ3) is 3.55. The maximum absolute atomic E-state index is 13.5. The normalized spacial score (nSPS) is 16.6. The number of hydrogen-bond acceptors (Lipinski definition) is 1. The van der Waals surface area contributed by atoms with Crippen molar-refractivity contribution >= 4 is 21.8 Å². The second-order valence-electron chi connectivity index (χ2n) is 4.84. The van der Waals surface area contributed by atoms with Crippen molar-refractivity contribution < 1.29 is 9.18 Å². The molecule has 18 heavy (non-hydrogen) atoms. The highest BCUT2D eigenvalue weighted by atomic mass is 79.9. The van der Waals surface area contributed by atoms with Gasteiger partial charge in [0.1, 0.15) is 5.82 Å². The molecule has 2 rings (SSSR count). The Morgan fingerprint density at radius 2 is 2.06 bits per heavy atom. The molecule has 1 aliphatic rings. The molecular formula is C14H17BrFNO. The fourth-order valence-electron chi connectivity index (χ4n) is 2.40. The standard InChI is InChI=1S/C14H17BrFNO/c15-11-6-7-13(16)12(8-11)14(18)17-9-10-4-2-1-3-5-10/h6-8,10H,1-5,9H2,(H,17,18). The molecule has 0 saturated heterocycles. The first-order chi connectivity index (χ1) is 8.66. The summed E-state index contributed by atoms with van der Waals surface area (Å²) < 4.78 is 14.2. The number of amides is 1. The zero-order valence-corrected chi connectivity index (χ0v) is 11.8. The van der Waals surface area contributed by atoms with Crippen LogP contribution in [0.5, 0.6) is 0 Å². The maximum atomic E-state index is 13.5. The molecule has 0 bridgehead atoms. The van der Waals surface area contributed by atoms with Gasteiger partial charge in [0.25, 0.3) is 5.91 Å². The molecule has 2 nitrogen and oxygen atoms in total. The molecular weight excluding hydrogens is 297 g/mol. The number of halogens is 2. The highest BCUT2D eigenvalue weighted by Gasteiger charge is 2.16. The Bertz CT molecular complexity index is 430. The highest BCUT2D eigenvalue weighted by Crippen LogP contribution is 2.23. The van der Waals surface area contributed by atoms with Gasteiger partial charge in [0.15, 0.2) is 0 Å². The Morgan fingerprint density at radius 3 is 2.78 bits per heavy atom. The summed E-state index contributed by atoms with van der Waals surface area (Å²) in [4.78, 5) is 11.9. The van der Waals surface area contributed by atoms with Gasteiger partial charge in [-0.25, -0.2) is 4.39 Å². The molecule has 0 unspecified atom stereocenters. The SMILES string of the molecule is O=C(NCC1CCCCC1)c1cc(Br)ccc1F. The first kappa shape index (κ1) is 13.5. The number of carbonyl (C=O) groups is 1. The third-order valence-electron chi connectivity index (χ3n) is 3.45. The Kier molecular flexibility index (Phi) is 4.75. The lowest BCUT2D eigenvalue weighted by Crippen LogP contribution is -2.30. The van der Waals surface area contributed by atoms with Crippen LogP contribution >= 0.6 is 15.9 Å². The maximum Gasteiger partial charge on any atom is 0.254 e. The number of benzene rings is 1. The lowest BCUT2D eigenvalue weighted by Gasteiger charge is -2.21. The Balaban J connectivity index is 1.92. The molecule has 0 aliphatic heterocycles. The molecule has 98 valence electrons. The summed E-state index contributed by atoms with van der Waals surface area (Å²) in [6, 6.07) is 4.42. The molecule has 1 aromatic rings. The van der Waals surface area contributed by atoms with E-state index in [0.29, 0.717) is 16.9 Å². The van der Waals surface area contributed by atoms with Crippen LogP contribution < -0.4 is 5.32 Å². The topological polar surface area (TPSA) is 29.1 Å². The van der Waals surface area contributed by atoms with E-state index in [0.717, 1.165) is 0 Å². The first-order valence-corrected chi connectivity index (χ1v) is 7.19. The van der Waals surface area contributed by atoms with Crippen molar-refractivity contribution in [1.82, 2.24) is 5.32 Å². The summed E-state index contributed by atoms with van der Waals surface area (Å²) in [6.07, 6.45) is 6.12. The van der Waals surface area contributed by atoms with E-state index in [9.17, 15) is 9.18 Å². The van der Waals surface area contributed by atoms with Crippen molar-refractivity contribution in [3.63, 3.8) is 0 Å². The van der Waals surface area contributed by atoms with E-state index >= 15 is 0 Å². The molecule has 1 aromatic carbocycles. The van der Waals surface area contributed by atoms with Gasteiger partial charge in [-0.3, -0.25) is 4.79 Å². The zero-order valence-electron chi connectivity index (χ0n) is 10.2. The molecule has 0 radical (unpaired) electrons. The van der Waals surface area contributed by atoms with E-state index in [4.69, 9.17) is 0 Å². The minimum Gasteiger partial charge on any atom is -0.352 e. The van der Waals surface area contributed by atoms with Crippen molar-refractivity contribution in [3.05, 3.63) is 34.1 Å². The van der Waals surface area contributed by atoms with Gasteiger partial charge in [-0.05, 0) is 37.0 Å². The van der Waals surface area contributed by atoms with Crippen LogP contribution in [0.2, 0.25) is 0 Å². The average molecular weight is 314 g/mol. The second-order valence-corrected chi connectivity index (χ2v) is 5.75.